The van der Waals surface area contributed by atoms with Crippen LogP contribution in [0.1, 0.15) is 61.9 Å². The molecule has 2 fully saturated rings. The smallest absolute Gasteiger partial charge is 0.185 e. The van der Waals surface area contributed by atoms with E-state index in [4.69, 9.17) is 4.98 Å². The summed E-state index contributed by atoms with van der Waals surface area (Å²) in [6, 6.07) is 0. The summed E-state index contributed by atoms with van der Waals surface area (Å²) in [7, 11) is 0. The number of anilines is 1. The Kier molecular flexibility index (Phi) is 4.38. The van der Waals surface area contributed by atoms with Crippen molar-refractivity contribution in [3.05, 3.63) is 10.6 Å². The van der Waals surface area contributed by atoms with Crippen LogP contribution in [0.3, 0.4) is 0 Å². The maximum Gasteiger partial charge on any atom is 0.185 e. The number of nitrogens with one attached hydrogen (secondary N) is 1. The monoisotopic (exact) mass is 279 g/mol. The van der Waals surface area contributed by atoms with Gasteiger partial charge < -0.3 is 10.2 Å². The Morgan fingerprint density at radius 1 is 1.32 bits per heavy atom. The molecule has 3 nitrogen and oxygen atoms in total. The second-order valence-corrected chi connectivity index (χ2v) is 6.87. The molecule has 3 rings (SSSR count). The molecule has 1 N–H and O–H groups in total. The van der Waals surface area contributed by atoms with Crippen molar-refractivity contribution in [3.63, 3.8) is 0 Å². The molecule has 1 aliphatic heterocycles. The summed E-state index contributed by atoms with van der Waals surface area (Å²) >= 11 is 1.94. The van der Waals surface area contributed by atoms with Crippen molar-refractivity contribution in [2.24, 2.45) is 0 Å². The molecule has 1 saturated carbocycles. The molecule has 0 aromatic carbocycles. The Morgan fingerprint density at radius 3 is 2.79 bits per heavy atom. The number of nitrogens with zero attached hydrogens (tertiary/aromatic N) is 2. The molecule has 2 aliphatic rings. The first kappa shape index (κ1) is 13.4. The van der Waals surface area contributed by atoms with Crippen molar-refractivity contribution < 1.29 is 0 Å². The van der Waals surface area contributed by atoms with Gasteiger partial charge in [0.2, 0.25) is 0 Å². The van der Waals surface area contributed by atoms with Crippen LogP contribution < -0.4 is 10.2 Å². The second-order valence-electron chi connectivity index (χ2n) is 5.80. The molecule has 1 aliphatic carbocycles. The lowest BCUT2D eigenvalue weighted by Crippen LogP contribution is -2.17. The van der Waals surface area contributed by atoms with Crippen LogP contribution >= 0.6 is 11.3 Å². The molecule has 1 saturated heterocycles. The van der Waals surface area contributed by atoms with E-state index in [2.05, 4.69) is 17.1 Å². The summed E-state index contributed by atoms with van der Waals surface area (Å²) in [5.74, 6) is 0.774. The van der Waals surface area contributed by atoms with Crippen LogP contribution in [0.5, 0.6) is 0 Å². The summed E-state index contributed by atoms with van der Waals surface area (Å²) < 4.78 is 0. The third-order valence-electron chi connectivity index (χ3n) is 4.05. The number of hydrogen-bond acceptors (Lipinski definition) is 4. The van der Waals surface area contributed by atoms with E-state index in [-0.39, 0.29) is 0 Å². The van der Waals surface area contributed by atoms with Gasteiger partial charge >= 0.3 is 0 Å². The van der Waals surface area contributed by atoms with E-state index >= 15 is 0 Å². The van der Waals surface area contributed by atoms with Crippen molar-refractivity contribution in [1.82, 2.24) is 10.3 Å². The fourth-order valence-corrected chi connectivity index (χ4v) is 3.87. The van der Waals surface area contributed by atoms with Gasteiger partial charge in [0.05, 0.1) is 5.69 Å². The molecule has 19 heavy (non-hydrogen) atoms. The highest BCUT2D eigenvalue weighted by Crippen LogP contribution is 2.44. The number of aromatic nitrogens is 1. The maximum absolute atomic E-state index is 4.96. The molecule has 4 heteroatoms. The first-order chi connectivity index (χ1) is 9.38. The molecule has 1 aromatic rings. The number of rotatable bonds is 7. The first-order valence-corrected chi connectivity index (χ1v) is 8.65. The van der Waals surface area contributed by atoms with Crippen LogP contribution in [0.4, 0.5) is 5.13 Å². The molecule has 106 valence electrons. The van der Waals surface area contributed by atoms with Crippen LogP contribution in [0.25, 0.3) is 0 Å². The van der Waals surface area contributed by atoms with Gasteiger partial charge in [-0.25, -0.2) is 4.98 Å². The second kappa shape index (κ2) is 6.23. The number of hydrogen-bond donors (Lipinski definition) is 1. The topological polar surface area (TPSA) is 28.2 Å². The Hall–Kier alpha value is -0.610. The molecule has 0 atom stereocenters. The summed E-state index contributed by atoms with van der Waals surface area (Å²) in [4.78, 5) is 8.94. The minimum atomic E-state index is 0.774. The highest BCUT2D eigenvalue weighted by Gasteiger charge is 2.30. The van der Waals surface area contributed by atoms with Crippen LogP contribution in [0, 0.1) is 0 Å². The van der Waals surface area contributed by atoms with E-state index in [9.17, 15) is 0 Å². The number of thiazole rings is 1. The van der Waals surface area contributed by atoms with Crippen molar-refractivity contribution in [2.75, 3.05) is 24.5 Å². The van der Waals surface area contributed by atoms with Gasteiger partial charge in [0.25, 0.3) is 0 Å². The van der Waals surface area contributed by atoms with E-state index in [1.165, 1.54) is 67.3 Å². The fourth-order valence-electron chi connectivity index (χ4n) is 2.70. The van der Waals surface area contributed by atoms with Gasteiger partial charge in [0, 0.05) is 30.4 Å². The zero-order valence-corrected chi connectivity index (χ0v) is 12.8. The van der Waals surface area contributed by atoms with Crippen LogP contribution in [0.15, 0.2) is 0 Å². The van der Waals surface area contributed by atoms with Crippen molar-refractivity contribution in [3.8, 4) is 0 Å². The largest absolute Gasteiger partial charge is 0.348 e. The Morgan fingerprint density at radius 2 is 2.11 bits per heavy atom. The molecule has 0 spiro atoms. The fraction of sp³-hybridized carbons (Fsp3) is 0.800. The summed E-state index contributed by atoms with van der Waals surface area (Å²) in [5.41, 5.74) is 1.41. The standard InChI is InChI=1S/C15H25N3S/c1-2-3-8-16-11-13-14(12-6-7-12)17-15(19-13)18-9-4-5-10-18/h12,16H,2-11H2,1H3. The van der Waals surface area contributed by atoms with E-state index in [1.807, 2.05) is 11.3 Å². The van der Waals surface area contributed by atoms with E-state index in [0.29, 0.717) is 0 Å². The molecule has 0 radical (unpaired) electrons. The molecule has 1 aromatic heterocycles. The van der Waals surface area contributed by atoms with E-state index in [1.54, 1.807) is 0 Å². The lowest BCUT2D eigenvalue weighted by atomic mass is 10.2. The van der Waals surface area contributed by atoms with Crippen LogP contribution in [-0.4, -0.2) is 24.6 Å². The van der Waals surface area contributed by atoms with Crippen molar-refractivity contribution in [2.45, 2.75) is 57.9 Å². The van der Waals surface area contributed by atoms with E-state index in [0.717, 1.165) is 19.0 Å². The predicted octanol–water partition coefficient (Wildman–Crippen LogP) is 3.51. The zero-order chi connectivity index (χ0) is 13.1. The minimum Gasteiger partial charge on any atom is -0.348 e. The summed E-state index contributed by atoms with van der Waals surface area (Å²) in [5, 5.41) is 4.87. The Labute approximate surface area is 120 Å². The first-order valence-electron chi connectivity index (χ1n) is 7.83. The highest BCUT2D eigenvalue weighted by molar-refractivity contribution is 7.15. The molecule has 0 amide bonds. The molecular formula is C15H25N3S. The molecular weight excluding hydrogens is 254 g/mol. The average Bonchev–Trinajstić information content (AvgIpc) is 2.96. The molecule has 2 heterocycles. The minimum absolute atomic E-state index is 0.774. The number of unbranched alkanes of at least 4 members (excludes halogenated alkanes) is 1. The Bertz CT molecular complexity index is 406. The highest BCUT2D eigenvalue weighted by atomic mass is 32.1. The lowest BCUT2D eigenvalue weighted by Gasteiger charge is -2.12. The van der Waals surface area contributed by atoms with Gasteiger partial charge in [-0.2, -0.15) is 0 Å². The normalized spacial score (nSPS) is 19.3. The van der Waals surface area contributed by atoms with Gasteiger partial charge in [0.15, 0.2) is 5.13 Å². The predicted molar refractivity (Wildman–Crippen MR) is 82.2 cm³/mol. The van der Waals surface area contributed by atoms with Crippen LogP contribution in [-0.2, 0) is 6.54 Å². The third kappa shape index (κ3) is 3.29. The lowest BCUT2D eigenvalue weighted by molar-refractivity contribution is 0.642. The van der Waals surface area contributed by atoms with Crippen molar-refractivity contribution >= 4 is 16.5 Å². The van der Waals surface area contributed by atoms with Gasteiger partial charge in [0.1, 0.15) is 0 Å². The third-order valence-corrected chi connectivity index (χ3v) is 5.18. The van der Waals surface area contributed by atoms with E-state index < -0.39 is 0 Å². The summed E-state index contributed by atoms with van der Waals surface area (Å²) in [6.45, 7) is 6.82. The molecule has 0 unspecified atom stereocenters. The van der Waals surface area contributed by atoms with Gasteiger partial charge in [-0.1, -0.05) is 13.3 Å². The molecule has 0 bridgehead atoms. The Balaban J connectivity index is 1.66. The zero-order valence-electron chi connectivity index (χ0n) is 12.0. The van der Waals surface area contributed by atoms with Crippen molar-refractivity contribution in [1.29, 1.82) is 0 Å². The van der Waals surface area contributed by atoms with Gasteiger partial charge in [-0.3, -0.25) is 0 Å². The van der Waals surface area contributed by atoms with Crippen LogP contribution in [0.2, 0.25) is 0 Å². The average molecular weight is 279 g/mol. The van der Waals surface area contributed by atoms with Gasteiger partial charge in [-0.05, 0) is 38.6 Å². The SMILES string of the molecule is CCCCNCc1sc(N2CCCC2)nc1C1CC1. The quantitative estimate of drug-likeness (QED) is 0.774. The summed E-state index contributed by atoms with van der Waals surface area (Å²) in [6.07, 6.45) is 7.92. The maximum atomic E-state index is 4.96. The van der Waals surface area contributed by atoms with Gasteiger partial charge in [-0.15, -0.1) is 11.3 Å².